The molecule has 8 heteroatoms. The van der Waals surface area contributed by atoms with Gasteiger partial charge in [0.05, 0.1) is 17.4 Å². The standard InChI is InChI=1S/C36H53N3O5/c1-9-20-37(24-26-16-12-11-13-17-26)30(41)27-28-31(42)38(22-14-15-23-40)29(36(28)19-18-35(27,8)44-36)32(43)39(21-10-2)34(6,7)25-33(3,4)5/h9-13,16-17,27-29,40H,1-2,14-15,18-25H2,3-8H3/t27-,28-,29?,35+,36?/m0/s1. The van der Waals surface area contributed by atoms with Crippen LogP contribution in [0.15, 0.2) is 55.6 Å². The minimum atomic E-state index is -1.10. The minimum Gasteiger partial charge on any atom is -0.396 e. The zero-order chi connectivity index (χ0) is 32.5. The van der Waals surface area contributed by atoms with E-state index in [0.29, 0.717) is 51.9 Å². The Kier molecular flexibility index (Phi) is 9.86. The molecule has 44 heavy (non-hydrogen) atoms. The molecule has 242 valence electrons. The normalized spacial score (nSPS) is 27.8. The smallest absolute Gasteiger partial charge is 0.249 e. The number of rotatable bonds is 14. The zero-order valence-electron chi connectivity index (χ0n) is 27.7. The summed E-state index contributed by atoms with van der Waals surface area (Å²) >= 11 is 0. The molecule has 0 saturated carbocycles. The fourth-order valence-corrected chi connectivity index (χ4v) is 8.41. The Morgan fingerprint density at radius 1 is 1.05 bits per heavy atom. The maximum Gasteiger partial charge on any atom is 0.249 e. The topological polar surface area (TPSA) is 90.4 Å². The quantitative estimate of drug-likeness (QED) is 0.238. The van der Waals surface area contributed by atoms with E-state index in [-0.39, 0.29) is 29.7 Å². The van der Waals surface area contributed by atoms with Crippen molar-refractivity contribution in [2.75, 3.05) is 26.2 Å². The number of ether oxygens (including phenoxy) is 1. The number of carbonyl (C=O) groups excluding carboxylic acids is 3. The molecule has 3 saturated heterocycles. The lowest BCUT2D eigenvalue weighted by atomic mass is 9.66. The second-order valence-electron chi connectivity index (χ2n) is 15.0. The first-order valence-corrected chi connectivity index (χ1v) is 16.1. The number of aliphatic hydroxyl groups excluding tert-OH is 1. The van der Waals surface area contributed by atoms with Crippen LogP contribution in [-0.4, -0.2) is 86.6 Å². The molecule has 5 atom stereocenters. The molecule has 1 aromatic carbocycles. The molecular weight excluding hydrogens is 554 g/mol. The summed E-state index contributed by atoms with van der Waals surface area (Å²) in [6, 6.07) is 8.93. The number of unbranched alkanes of at least 4 members (excludes halogenated alkanes) is 1. The first kappa shape index (κ1) is 33.9. The zero-order valence-corrected chi connectivity index (χ0v) is 27.7. The Morgan fingerprint density at radius 2 is 1.70 bits per heavy atom. The lowest BCUT2D eigenvalue weighted by Gasteiger charge is -2.45. The second kappa shape index (κ2) is 12.8. The number of aliphatic hydroxyl groups is 1. The van der Waals surface area contributed by atoms with Gasteiger partial charge in [-0.3, -0.25) is 14.4 Å². The molecule has 4 rings (SSSR count). The number of hydrogen-bond donors (Lipinski definition) is 1. The highest BCUT2D eigenvalue weighted by Gasteiger charge is 2.78. The SMILES string of the molecule is C=CCN(Cc1ccccc1)C(=O)[C@@H]1[C@H]2C(=O)N(CCCCO)C(C(=O)N(CC=C)C(C)(C)CC(C)(C)C)C23CC[C@@]1(C)O3. The van der Waals surface area contributed by atoms with Crippen LogP contribution < -0.4 is 0 Å². The van der Waals surface area contributed by atoms with Crippen LogP contribution in [0.1, 0.15) is 79.2 Å². The van der Waals surface area contributed by atoms with Gasteiger partial charge in [-0.05, 0) is 63.9 Å². The van der Waals surface area contributed by atoms with Crippen LogP contribution in [-0.2, 0) is 25.7 Å². The highest BCUT2D eigenvalue weighted by atomic mass is 16.5. The van der Waals surface area contributed by atoms with Gasteiger partial charge in [-0.25, -0.2) is 0 Å². The molecule has 3 heterocycles. The maximum atomic E-state index is 14.9. The van der Waals surface area contributed by atoms with Crippen molar-refractivity contribution in [1.82, 2.24) is 14.7 Å². The van der Waals surface area contributed by atoms with Crippen molar-refractivity contribution in [3.05, 3.63) is 61.2 Å². The van der Waals surface area contributed by atoms with E-state index in [9.17, 15) is 19.5 Å². The Labute approximate surface area is 264 Å². The average Bonchev–Trinajstić information content (AvgIpc) is 3.51. The van der Waals surface area contributed by atoms with Crippen molar-refractivity contribution in [2.24, 2.45) is 17.3 Å². The third kappa shape index (κ3) is 6.25. The summed E-state index contributed by atoms with van der Waals surface area (Å²) in [6.07, 6.45) is 6.37. The summed E-state index contributed by atoms with van der Waals surface area (Å²) in [4.78, 5) is 49.2. The molecule has 1 spiro atoms. The highest BCUT2D eigenvalue weighted by Crippen LogP contribution is 2.63. The fraction of sp³-hybridized carbons (Fsp3) is 0.639. The van der Waals surface area contributed by atoms with Gasteiger partial charge in [0.1, 0.15) is 11.6 Å². The molecule has 2 bridgehead atoms. The van der Waals surface area contributed by atoms with E-state index in [4.69, 9.17) is 4.74 Å². The molecule has 2 unspecified atom stereocenters. The number of fused-ring (bicyclic) bond motifs is 1. The third-order valence-electron chi connectivity index (χ3n) is 9.73. The number of nitrogens with zero attached hydrogens (tertiary/aromatic N) is 3. The summed E-state index contributed by atoms with van der Waals surface area (Å²) in [7, 11) is 0. The van der Waals surface area contributed by atoms with Crippen molar-refractivity contribution in [3.8, 4) is 0 Å². The van der Waals surface area contributed by atoms with Gasteiger partial charge >= 0.3 is 0 Å². The maximum absolute atomic E-state index is 14.9. The number of hydrogen-bond acceptors (Lipinski definition) is 5. The summed E-state index contributed by atoms with van der Waals surface area (Å²) in [6.45, 7) is 21.8. The lowest BCUT2D eigenvalue weighted by Crippen LogP contribution is -2.61. The highest BCUT2D eigenvalue weighted by molar-refractivity contribution is 5.99. The lowest BCUT2D eigenvalue weighted by molar-refractivity contribution is -0.157. The average molecular weight is 608 g/mol. The number of amides is 3. The van der Waals surface area contributed by atoms with E-state index in [1.807, 2.05) is 42.2 Å². The van der Waals surface area contributed by atoms with Gasteiger partial charge in [-0.2, -0.15) is 0 Å². The number of benzene rings is 1. The Hall–Kier alpha value is -2.97. The monoisotopic (exact) mass is 607 g/mol. The van der Waals surface area contributed by atoms with Crippen molar-refractivity contribution in [3.63, 3.8) is 0 Å². The van der Waals surface area contributed by atoms with Crippen molar-refractivity contribution in [1.29, 1.82) is 0 Å². The third-order valence-corrected chi connectivity index (χ3v) is 9.73. The number of carbonyl (C=O) groups is 3. The molecule has 0 aromatic heterocycles. The van der Waals surface area contributed by atoms with E-state index in [2.05, 4.69) is 47.8 Å². The predicted octanol–water partition coefficient (Wildman–Crippen LogP) is 4.97. The van der Waals surface area contributed by atoms with Crippen molar-refractivity contribution in [2.45, 2.75) is 103 Å². The van der Waals surface area contributed by atoms with E-state index in [0.717, 1.165) is 12.0 Å². The summed E-state index contributed by atoms with van der Waals surface area (Å²) in [5.74, 6) is -2.00. The molecule has 3 aliphatic rings. The van der Waals surface area contributed by atoms with Crippen molar-refractivity contribution >= 4 is 17.7 Å². The Balaban J connectivity index is 1.77. The van der Waals surface area contributed by atoms with Crippen molar-refractivity contribution < 1.29 is 24.2 Å². The van der Waals surface area contributed by atoms with Crippen LogP contribution >= 0.6 is 0 Å². The minimum absolute atomic E-state index is 0.00208. The van der Waals surface area contributed by atoms with Gasteiger partial charge in [-0.15, -0.1) is 13.2 Å². The Morgan fingerprint density at radius 3 is 2.30 bits per heavy atom. The summed E-state index contributed by atoms with van der Waals surface area (Å²) in [5.41, 5.74) is -1.55. The first-order valence-electron chi connectivity index (χ1n) is 16.1. The van der Waals surface area contributed by atoms with Gasteiger partial charge in [0.25, 0.3) is 0 Å². The van der Waals surface area contributed by atoms with E-state index in [1.54, 1.807) is 22.0 Å². The van der Waals surface area contributed by atoms with Crippen LogP contribution in [0.2, 0.25) is 0 Å². The van der Waals surface area contributed by atoms with Crippen LogP contribution in [0.5, 0.6) is 0 Å². The molecule has 3 amide bonds. The Bertz CT molecular complexity index is 1240. The van der Waals surface area contributed by atoms with Gasteiger partial charge < -0.3 is 24.5 Å². The molecule has 3 aliphatic heterocycles. The van der Waals surface area contributed by atoms with Crippen LogP contribution in [0.25, 0.3) is 0 Å². The molecule has 3 fully saturated rings. The first-order chi connectivity index (χ1) is 20.7. The molecule has 1 N–H and O–H groups in total. The van der Waals surface area contributed by atoms with Crippen LogP contribution in [0, 0.1) is 17.3 Å². The van der Waals surface area contributed by atoms with Gasteiger partial charge in [0.2, 0.25) is 17.7 Å². The van der Waals surface area contributed by atoms with Crippen LogP contribution in [0.4, 0.5) is 0 Å². The molecule has 0 radical (unpaired) electrons. The molecule has 1 aromatic rings. The molecule has 8 nitrogen and oxygen atoms in total. The summed E-state index contributed by atoms with van der Waals surface area (Å²) in [5, 5.41) is 9.53. The number of likely N-dealkylation sites (tertiary alicyclic amines) is 1. The van der Waals surface area contributed by atoms with Gasteiger partial charge in [0.15, 0.2) is 0 Å². The van der Waals surface area contributed by atoms with Gasteiger partial charge in [0, 0.05) is 38.3 Å². The largest absolute Gasteiger partial charge is 0.396 e. The molecule has 0 aliphatic carbocycles. The van der Waals surface area contributed by atoms with E-state index in [1.165, 1.54) is 0 Å². The molecular formula is C36H53N3O5. The fourth-order valence-electron chi connectivity index (χ4n) is 8.41. The van der Waals surface area contributed by atoms with E-state index >= 15 is 0 Å². The van der Waals surface area contributed by atoms with E-state index < -0.39 is 34.6 Å². The van der Waals surface area contributed by atoms with Gasteiger partial charge in [-0.1, -0.05) is 63.3 Å². The summed E-state index contributed by atoms with van der Waals surface area (Å²) < 4.78 is 6.91. The van der Waals surface area contributed by atoms with Crippen LogP contribution in [0.3, 0.4) is 0 Å². The second-order valence-corrected chi connectivity index (χ2v) is 15.0. The predicted molar refractivity (Wildman–Crippen MR) is 172 cm³/mol.